The van der Waals surface area contributed by atoms with Crippen molar-refractivity contribution in [1.82, 2.24) is 4.98 Å². The Bertz CT molecular complexity index is 315. The number of aryl methyl sites for hydroxylation is 1. The first kappa shape index (κ1) is 9.84. The molecular weight excluding hydrogens is 166 g/mol. The maximum absolute atomic E-state index is 10.9. The maximum Gasteiger partial charge on any atom is 0.311 e. The van der Waals surface area contributed by atoms with E-state index in [1.807, 2.05) is 20.8 Å². The number of carboxylic acid groups (broad SMARTS) is 1. The lowest BCUT2D eigenvalue weighted by molar-refractivity contribution is -0.138. The van der Waals surface area contributed by atoms with E-state index >= 15 is 0 Å². The third-order valence-corrected chi connectivity index (χ3v) is 2.52. The lowest BCUT2D eigenvalue weighted by Crippen LogP contribution is -2.10. The zero-order valence-corrected chi connectivity index (χ0v) is 8.22. The molecule has 0 saturated carbocycles. The molecule has 0 bridgehead atoms. The van der Waals surface area contributed by atoms with E-state index in [2.05, 4.69) is 4.98 Å². The number of carbonyl (C=O) groups is 1. The smallest absolute Gasteiger partial charge is 0.311 e. The van der Waals surface area contributed by atoms with Crippen LogP contribution in [0.2, 0.25) is 0 Å². The molecule has 2 N–H and O–H groups in total. The average molecular weight is 181 g/mol. The first-order valence-electron chi connectivity index (χ1n) is 4.45. The molecule has 1 heterocycles. The summed E-state index contributed by atoms with van der Waals surface area (Å²) in [5.74, 6) is -1.12. The van der Waals surface area contributed by atoms with Crippen LogP contribution in [0.1, 0.15) is 36.1 Å². The summed E-state index contributed by atoms with van der Waals surface area (Å²) in [5, 5.41) is 8.95. The van der Waals surface area contributed by atoms with Crippen LogP contribution in [0.5, 0.6) is 0 Å². The minimum atomic E-state index is -0.746. The van der Waals surface area contributed by atoms with Crippen molar-refractivity contribution in [2.75, 3.05) is 0 Å². The number of H-pyrrole nitrogens is 1. The summed E-state index contributed by atoms with van der Waals surface area (Å²) < 4.78 is 0. The van der Waals surface area contributed by atoms with E-state index < -0.39 is 5.97 Å². The van der Waals surface area contributed by atoms with Crippen LogP contribution in [0, 0.1) is 13.8 Å². The molecule has 0 aromatic carbocycles. The molecule has 0 aliphatic carbocycles. The fourth-order valence-electron chi connectivity index (χ4n) is 1.51. The minimum absolute atomic E-state index is 0.370. The van der Waals surface area contributed by atoms with Crippen LogP contribution in [-0.2, 0) is 4.79 Å². The van der Waals surface area contributed by atoms with Crippen LogP contribution < -0.4 is 0 Å². The second-order valence-electron chi connectivity index (χ2n) is 3.29. The van der Waals surface area contributed by atoms with Crippen molar-refractivity contribution in [3.8, 4) is 0 Å². The van der Waals surface area contributed by atoms with E-state index in [1.54, 1.807) is 6.20 Å². The van der Waals surface area contributed by atoms with Gasteiger partial charge < -0.3 is 10.1 Å². The molecule has 1 rings (SSSR count). The number of nitrogens with one attached hydrogen (secondary N) is 1. The van der Waals surface area contributed by atoms with Gasteiger partial charge in [0.1, 0.15) is 0 Å². The molecule has 3 nitrogen and oxygen atoms in total. The van der Waals surface area contributed by atoms with Gasteiger partial charge in [-0.05, 0) is 31.4 Å². The SMILES string of the molecule is CCC(C(=O)O)c1c[nH]c(C)c1C. The first-order valence-corrected chi connectivity index (χ1v) is 4.45. The van der Waals surface area contributed by atoms with Gasteiger partial charge in [-0.25, -0.2) is 0 Å². The van der Waals surface area contributed by atoms with Gasteiger partial charge in [-0.15, -0.1) is 0 Å². The van der Waals surface area contributed by atoms with E-state index in [0.29, 0.717) is 6.42 Å². The van der Waals surface area contributed by atoms with Crippen LogP contribution in [0.4, 0.5) is 0 Å². The zero-order chi connectivity index (χ0) is 10.0. The highest BCUT2D eigenvalue weighted by atomic mass is 16.4. The van der Waals surface area contributed by atoms with Gasteiger partial charge in [0.2, 0.25) is 0 Å². The van der Waals surface area contributed by atoms with Gasteiger partial charge in [0.05, 0.1) is 5.92 Å². The quantitative estimate of drug-likeness (QED) is 0.751. The second kappa shape index (κ2) is 3.64. The lowest BCUT2D eigenvalue weighted by atomic mass is 9.95. The van der Waals surface area contributed by atoms with Crippen LogP contribution in [0.3, 0.4) is 0 Å². The molecule has 0 aliphatic rings. The summed E-state index contributed by atoms with van der Waals surface area (Å²) in [5.41, 5.74) is 3.02. The fourth-order valence-corrected chi connectivity index (χ4v) is 1.51. The van der Waals surface area contributed by atoms with Crippen molar-refractivity contribution >= 4 is 5.97 Å². The number of hydrogen-bond donors (Lipinski definition) is 2. The summed E-state index contributed by atoms with van der Waals surface area (Å²) in [6.07, 6.45) is 2.43. The van der Waals surface area contributed by atoms with Crippen LogP contribution >= 0.6 is 0 Å². The van der Waals surface area contributed by atoms with E-state index in [4.69, 9.17) is 5.11 Å². The molecule has 1 atom stereocenters. The molecule has 0 radical (unpaired) electrons. The molecule has 72 valence electrons. The molecule has 0 aliphatic heterocycles. The predicted molar refractivity (Wildman–Crippen MR) is 50.9 cm³/mol. The van der Waals surface area contributed by atoms with E-state index in [9.17, 15) is 4.79 Å². The zero-order valence-electron chi connectivity index (χ0n) is 8.22. The molecule has 0 fully saturated rings. The third-order valence-electron chi connectivity index (χ3n) is 2.52. The molecule has 1 unspecified atom stereocenters. The predicted octanol–water partition coefficient (Wildman–Crippen LogP) is 2.21. The van der Waals surface area contributed by atoms with E-state index in [1.165, 1.54) is 0 Å². The molecule has 3 heteroatoms. The van der Waals surface area contributed by atoms with Crippen LogP contribution in [0.15, 0.2) is 6.20 Å². The fraction of sp³-hybridized carbons (Fsp3) is 0.500. The summed E-state index contributed by atoms with van der Waals surface area (Å²) >= 11 is 0. The topological polar surface area (TPSA) is 53.1 Å². The Kier molecular flexibility index (Phi) is 2.76. The largest absolute Gasteiger partial charge is 0.481 e. The summed E-state index contributed by atoms with van der Waals surface area (Å²) in [6, 6.07) is 0. The van der Waals surface area contributed by atoms with Gasteiger partial charge in [-0.3, -0.25) is 4.79 Å². The Balaban J connectivity index is 3.05. The molecular formula is C10H15NO2. The Labute approximate surface area is 77.8 Å². The highest BCUT2D eigenvalue weighted by Gasteiger charge is 2.20. The van der Waals surface area contributed by atoms with Crippen molar-refractivity contribution in [2.45, 2.75) is 33.1 Å². The minimum Gasteiger partial charge on any atom is -0.481 e. The number of hydrogen-bond acceptors (Lipinski definition) is 1. The molecule has 13 heavy (non-hydrogen) atoms. The number of aromatic nitrogens is 1. The maximum atomic E-state index is 10.9. The van der Waals surface area contributed by atoms with E-state index in [-0.39, 0.29) is 5.92 Å². The van der Waals surface area contributed by atoms with Crippen LogP contribution in [0.25, 0.3) is 0 Å². The van der Waals surface area contributed by atoms with E-state index in [0.717, 1.165) is 16.8 Å². The molecule has 1 aromatic rings. The summed E-state index contributed by atoms with van der Waals surface area (Å²) in [6.45, 7) is 5.79. The van der Waals surface area contributed by atoms with Crippen molar-refractivity contribution < 1.29 is 9.90 Å². The highest BCUT2D eigenvalue weighted by Crippen LogP contribution is 2.24. The standard InChI is InChI=1S/C10H15NO2/c1-4-8(10(12)13)9-5-11-7(3)6(9)2/h5,8,11H,4H2,1-3H3,(H,12,13). The third kappa shape index (κ3) is 1.74. The van der Waals surface area contributed by atoms with Gasteiger partial charge in [-0.2, -0.15) is 0 Å². The van der Waals surface area contributed by atoms with Crippen molar-refractivity contribution in [2.24, 2.45) is 0 Å². The summed E-state index contributed by atoms with van der Waals surface area (Å²) in [4.78, 5) is 13.9. The van der Waals surface area contributed by atoms with Crippen molar-refractivity contribution in [3.05, 3.63) is 23.0 Å². The Morgan fingerprint density at radius 2 is 2.23 bits per heavy atom. The Morgan fingerprint density at radius 3 is 2.54 bits per heavy atom. The first-order chi connectivity index (χ1) is 6.07. The van der Waals surface area contributed by atoms with Gasteiger partial charge in [0, 0.05) is 11.9 Å². The molecule has 1 aromatic heterocycles. The van der Waals surface area contributed by atoms with Gasteiger partial charge in [0.25, 0.3) is 0 Å². The number of carboxylic acids is 1. The average Bonchev–Trinajstić information content (AvgIpc) is 2.37. The van der Waals surface area contributed by atoms with Gasteiger partial charge in [-0.1, -0.05) is 6.92 Å². The molecule has 0 saturated heterocycles. The number of aromatic amines is 1. The molecule has 0 amide bonds. The van der Waals surface area contributed by atoms with Gasteiger partial charge in [0.15, 0.2) is 0 Å². The molecule has 0 spiro atoms. The highest BCUT2D eigenvalue weighted by molar-refractivity contribution is 5.76. The Morgan fingerprint density at radius 1 is 1.62 bits per heavy atom. The Hall–Kier alpha value is -1.25. The number of aliphatic carboxylic acids is 1. The van der Waals surface area contributed by atoms with Crippen molar-refractivity contribution in [3.63, 3.8) is 0 Å². The monoisotopic (exact) mass is 181 g/mol. The number of rotatable bonds is 3. The van der Waals surface area contributed by atoms with Gasteiger partial charge >= 0.3 is 5.97 Å². The van der Waals surface area contributed by atoms with Crippen LogP contribution in [-0.4, -0.2) is 16.1 Å². The van der Waals surface area contributed by atoms with Crippen molar-refractivity contribution in [1.29, 1.82) is 0 Å². The second-order valence-corrected chi connectivity index (χ2v) is 3.29. The normalized spacial score (nSPS) is 12.8. The lowest BCUT2D eigenvalue weighted by Gasteiger charge is -2.08. The summed E-state index contributed by atoms with van der Waals surface area (Å²) in [7, 11) is 0.